The summed E-state index contributed by atoms with van der Waals surface area (Å²) < 4.78 is 0. The van der Waals surface area contributed by atoms with Crippen molar-refractivity contribution in [1.29, 1.82) is 0 Å². The maximum Gasteiger partial charge on any atom is 0.0790 e. The molecule has 0 aliphatic heterocycles. The summed E-state index contributed by atoms with van der Waals surface area (Å²) in [5.74, 6) is 0. The maximum absolute atomic E-state index is 4.98. The van der Waals surface area contributed by atoms with Crippen LogP contribution in [0, 0.1) is 13.8 Å². The predicted octanol–water partition coefficient (Wildman–Crippen LogP) is 5.67. The van der Waals surface area contributed by atoms with Gasteiger partial charge in [-0.1, -0.05) is 60.2 Å². The van der Waals surface area contributed by atoms with Gasteiger partial charge < -0.3 is 0 Å². The first-order chi connectivity index (χ1) is 10.7. The molecule has 0 unspecified atom stereocenters. The molecule has 0 radical (unpaired) electrons. The van der Waals surface area contributed by atoms with Crippen molar-refractivity contribution in [3.63, 3.8) is 0 Å². The second-order valence-electron chi connectivity index (χ2n) is 5.84. The molecule has 1 nitrogen and oxygen atoms in total. The molecule has 0 aliphatic rings. The first-order valence-electron chi connectivity index (χ1n) is 7.59. The highest BCUT2D eigenvalue weighted by atomic mass is 14.7. The van der Waals surface area contributed by atoms with Gasteiger partial charge in [-0.15, -0.1) is 0 Å². The van der Waals surface area contributed by atoms with E-state index >= 15 is 0 Å². The minimum absolute atomic E-state index is 1.06. The number of hydrogen-bond acceptors (Lipinski definition) is 1. The molecule has 0 saturated heterocycles. The molecule has 0 aliphatic carbocycles. The summed E-state index contributed by atoms with van der Waals surface area (Å²) in [6, 6.07) is 23.5. The van der Waals surface area contributed by atoms with Gasteiger partial charge in [0.25, 0.3) is 0 Å². The van der Waals surface area contributed by atoms with Crippen molar-refractivity contribution in [2.24, 2.45) is 0 Å². The van der Waals surface area contributed by atoms with E-state index in [2.05, 4.69) is 80.6 Å². The summed E-state index contributed by atoms with van der Waals surface area (Å²) in [4.78, 5) is 4.98. The molecule has 4 rings (SSSR count). The van der Waals surface area contributed by atoms with Gasteiger partial charge in [0.15, 0.2) is 0 Å². The number of fused-ring (bicyclic) bond motifs is 3. The number of rotatable bonds is 1. The van der Waals surface area contributed by atoms with Crippen molar-refractivity contribution in [2.75, 3.05) is 0 Å². The summed E-state index contributed by atoms with van der Waals surface area (Å²) in [5.41, 5.74) is 5.86. The van der Waals surface area contributed by atoms with E-state index in [0.29, 0.717) is 0 Å². The standard InChI is InChI=1S/C21H17N/c1-14-11-12-20-19(13-14)17-9-5-6-10-18(17)21(22-20)16-8-4-3-7-15(16)2/h3-13H,1-2H3. The Kier molecular flexibility index (Phi) is 2.93. The van der Waals surface area contributed by atoms with Crippen LogP contribution < -0.4 is 0 Å². The SMILES string of the molecule is Cc1ccc2nc(-c3ccccc3C)c3ccccc3c2c1. The zero-order valence-corrected chi connectivity index (χ0v) is 12.8. The van der Waals surface area contributed by atoms with Gasteiger partial charge in [-0.05, 0) is 36.9 Å². The van der Waals surface area contributed by atoms with Gasteiger partial charge in [0.05, 0.1) is 11.2 Å². The van der Waals surface area contributed by atoms with Crippen LogP contribution >= 0.6 is 0 Å². The Balaban J connectivity index is 2.19. The topological polar surface area (TPSA) is 12.9 Å². The normalized spacial score (nSPS) is 11.2. The lowest BCUT2D eigenvalue weighted by Gasteiger charge is -2.12. The van der Waals surface area contributed by atoms with Crippen LogP contribution in [0.3, 0.4) is 0 Å². The zero-order valence-electron chi connectivity index (χ0n) is 12.8. The Hall–Kier alpha value is -2.67. The fourth-order valence-corrected chi connectivity index (χ4v) is 3.11. The molecule has 0 spiro atoms. The van der Waals surface area contributed by atoms with E-state index < -0.39 is 0 Å². The van der Waals surface area contributed by atoms with Gasteiger partial charge in [-0.25, -0.2) is 4.98 Å². The van der Waals surface area contributed by atoms with Crippen LogP contribution in [0.25, 0.3) is 32.9 Å². The van der Waals surface area contributed by atoms with Gasteiger partial charge in [0.2, 0.25) is 0 Å². The third-order valence-corrected chi connectivity index (χ3v) is 4.26. The van der Waals surface area contributed by atoms with Gasteiger partial charge in [-0.3, -0.25) is 0 Å². The lowest BCUT2D eigenvalue weighted by Crippen LogP contribution is -1.92. The molecule has 0 amide bonds. The lowest BCUT2D eigenvalue weighted by atomic mass is 9.97. The van der Waals surface area contributed by atoms with E-state index in [4.69, 9.17) is 4.98 Å². The van der Waals surface area contributed by atoms with Crippen LogP contribution in [0.5, 0.6) is 0 Å². The number of nitrogens with zero attached hydrogens (tertiary/aromatic N) is 1. The maximum atomic E-state index is 4.98. The molecule has 0 fully saturated rings. The van der Waals surface area contributed by atoms with Gasteiger partial charge in [0.1, 0.15) is 0 Å². The van der Waals surface area contributed by atoms with E-state index in [1.165, 1.54) is 32.8 Å². The van der Waals surface area contributed by atoms with Crippen LogP contribution in [0.2, 0.25) is 0 Å². The summed E-state index contributed by atoms with van der Waals surface area (Å²) >= 11 is 0. The third-order valence-electron chi connectivity index (χ3n) is 4.26. The van der Waals surface area contributed by atoms with Crippen LogP contribution in [-0.2, 0) is 0 Å². The Bertz CT molecular complexity index is 999. The second kappa shape index (κ2) is 4.96. The highest BCUT2D eigenvalue weighted by molar-refractivity contribution is 6.11. The lowest BCUT2D eigenvalue weighted by molar-refractivity contribution is 1.37. The summed E-state index contributed by atoms with van der Waals surface area (Å²) in [7, 11) is 0. The third kappa shape index (κ3) is 1.98. The summed E-state index contributed by atoms with van der Waals surface area (Å²) in [5, 5.41) is 3.72. The molecular formula is C21H17N. The minimum Gasteiger partial charge on any atom is -0.247 e. The highest BCUT2D eigenvalue weighted by Gasteiger charge is 2.11. The van der Waals surface area contributed by atoms with Crippen molar-refractivity contribution in [3.05, 3.63) is 77.9 Å². The first kappa shape index (κ1) is 13.0. The molecule has 0 atom stereocenters. The number of benzene rings is 3. The minimum atomic E-state index is 1.06. The van der Waals surface area contributed by atoms with Crippen molar-refractivity contribution >= 4 is 21.7 Å². The molecule has 1 aromatic heterocycles. The van der Waals surface area contributed by atoms with E-state index in [-0.39, 0.29) is 0 Å². The number of pyridine rings is 1. The average molecular weight is 283 g/mol. The number of aryl methyl sites for hydroxylation is 2. The van der Waals surface area contributed by atoms with Crippen LogP contribution in [0.4, 0.5) is 0 Å². The van der Waals surface area contributed by atoms with E-state index in [1.54, 1.807) is 0 Å². The molecule has 1 heteroatoms. The molecule has 0 bridgehead atoms. The fraction of sp³-hybridized carbons (Fsp3) is 0.0952. The van der Waals surface area contributed by atoms with Crippen molar-refractivity contribution in [3.8, 4) is 11.3 Å². The summed E-state index contributed by atoms with van der Waals surface area (Å²) in [6.07, 6.45) is 0. The molecule has 1 heterocycles. The highest BCUT2D eigenvalue weighted by Crippen LogP contribution is 2.33. The number of hydrogen-bond donors (Lipinski definition) is 0. The molecule has 106 valence electrons. The molecular weight excluding hydrogens is 266 g/mol. The van der Waals surface area contributed by atoms with Crippen molar-refractivity contribution in [1.82, 2.24) is 4.98 Å². The average Bonchev–Trinajstić information content (AvgIpc) is 2.55. The summed E-state index contributed by atoms with van der Waals surface area (Å²) in [6.45, 7) is 4.27. The molecule has 3 aromatic carbocycles. The zero-order chi connectivity index (χ0) is 15.1. The van der Waals surface area contributed by atoms with Gasteiger partial charge in [-0.2, -0.15) is 0 Å². The Morgan fingerprint density at radius 3 is 2.23 bits per heavy atom. The van der Waals surface area contributed by atoms with E-state index in [0.717, 1.165) is 11.2 Å². The van der Waals surface area contributed by atoms with Crippen LogP contribution in [0.1, 0.15) is 11.1 Å². The second-order valence-corrected chi connectivity index (χ2v) is 5.84. The molecule has 22 heavy (non-hydrogen) atoms. The molecule has 4 aromatic rings. The Morgan fingerprint density at radius 2 is 1.41 bits per heavy atom. The van der Waals surface area contributed by atoms with Crippen molar-refractivity contribution in [2.45, 2.75) is 13.8 Å². The van der Waals surface area contributed by atoms with Crippen molar-refractivity contribution < 1.29 is 0 Å². The monoisotopic (exact) mass is 283 g/mol. The van der Waals surface area contributed by atoms with Gasteiger partial charge in [0, 0.05) is 16.3 Å². The Labute approximate surface area is 130 Å². The van der Waals surface area contributed by atoms with Crippen LogP contribution in [0.15, 0.2) is 66.7 Å². The largest absolute Gasteiger partial charge is 0.247 e. The Morgan fingerprint density at radius 1 is 0.682 bits per heavy atom. The van der Waals surface area contributed by atoms with E-state index in [1.807, 2.05) is 0 Å². The van der Waals surface area contributed by atoms with Gasteiger partial charge >= 0.3 is 0 Å². The first-order valence-corrected chi connectivity index (χ1v) is 7.59. The smallest absolute Gasteiger partial charge is 0.0790 e. The van der Waals surface area contributed by atoms with Crippen LogP contribution in [-0.4, -0.2) is 4.98 Å². The molecule has 0 saturated carbocycles. The van der Waals surface area contributed by atoms with E-state index in [9.17, 15) is 0 Å². The fourth-order valence-electron chi connectivity index (χ4n) is 3.11. The molecule has 0 N–H and O–H groups in total. The number of aromatic nitrogens is 1. The predicted molar refractivity (Wildman–Crippen MR) is 94.2 cm³/mol. The quantitative estimate of drug-likeness (QED) is 0.410.